The van der Waals surface area contributed by atoms with Crippen molar-refractivity contribution in [3.8, 4) is 11.3 Å². The van der Waals surface area contributed by atoms with Crippen LogP contribution < -0.4 is 5.32 Å². The minimum absolute atomic E-state index is 0.0960. The Hall–Kier alpha value is -2.24. The average Bonchev–Trinajstić information content (AvgIpc) is 3.26. The summed E-state index contributed by atoms with van der Waals surface area (Å²) in [6, 6.07) is 14.4. The molecule has 0 radical (unpaired) electrons. The largest absolute Gasteiger partial charge is 0.368 e. The Morgan fingerprint density at radius 2 is 2.09 bits per heavy atom. The van der Waals surface area contributed by atoms with E-state index in [9.17, 15) is 4.79 Å². The Labute approximate surface area is 138 Å². The Kier molecular flexibility index (Phi) is 3.81. The molecule has 4 rings (SSSR count). The van der Waals surface area contributed by atoms with Gasteiger partial charge in [-0.2, -0.15) is 0 Å². The SMILES string of the molecule is O=C(Nc1nc(-c2cccc3ccccc23)cs1)[C@@H]1CCCO1. The van der Waals surface area contributed by atoms with Gasteiger partial charge in [0.25, 0.3) is 5.91 Å². The van der Waals surface area contributed by atoms with E-state index in [-0.39, 0.29) is 12.0 Å². The second-order valence-electron chi connectivity index (χ2n) is 5.56. The molecule has 1 aliphatic heterocycles. The van der Waals surface area contributed by atoms with Crippen LogP contribution in [0, 0.1) is 0 Å². The third kappa shape index (κ3) is 2.85. The zero-order valence-electron chi connectivity index (χ0n) is 12.5. The first kappa shape index (κ1) is 14.4. The van der Waals surface area contributed by atoms with Crippen LogP contribution in [0.2, 0.25) is 0 Å². The smallest absolute Gasteiger partial charge is 0.255 e. The number of ether oxygens (including phenoxy) is 1. The summed E-state index contributed by atoms with van der Waals surface area (Å²) in [6.07, 6.45) is 1.39. The van der Waals surface area contributed by atoms with Gasteiger partial charge in [-0.1, -0.05) is 42.5 Å². The topological polar surface area (TPSA) is 51.2 Å². The summed E-state index contributed by atoms with van der Waals surface area (Å²) in [6.45, 7) is 0.664. The van der Waals surface area contributed by atoms with Gasteiger partial charge in [-0.3, -0.25) is 10.1 Å². The quantitative estimate of drug-likeness (QED) is 0.790. The maximum atomic E-state index is 12.1. The number of amides is 1. The van der Waals surface area contributed by atoms with E-state index in [0.717, 1.165) is 29.5 Å². The molecule has 0 unspecified atom stereocenters. The molecule has 0 bridgehead atoms. The lowest BCUT2D eigenvalue weighted by Crippen LogP contribution is -2.26. The number of nitrogens with zero attached hydrogens (tertiary/aromatic N) is 1. The van der Waals surface area contributed by atoms with Crippen LogP contribution in [0.15, 0.2) is 47.8 Å². The van der Waals surface area contributed by atoms with Gasteiger partial charge in [0.15, 0.2) is 5.13 Å². The van der Waals surface area contributed by atoms with E-state index in [4.69, 9.17) is 4.74 Å². The summed E-state index contributed by atoms with van der Waals surface area (Å²) in [4.78, 5) is 16.7. The fourth-order valence-corrected chi connectivity index (χ4v) is 3.59. The summed E-state index contributed by atoms with van der Waals surface area (Å²) >= 11 is 1.44. The van der Waals surface area contributed by atoms with E-state index in [1.54, 1.807) is 0 Å². The van der Waals surface area contributed by atoms with Gasteiger partial charge in [-0.05, 0) is 23.6 Å². The van der Waals surface area contributed by atoms with Crippen LogP contribution in [0.5, 0.6) is 0 Å². The number of benzene rings is 2. The standard InChI is InChI=1S/C18H16N2O2S/c21-17(16-9-4-10-22-16)20-18-19-15(11-23-18)14-8-3-6-12-5-1-2-7-13(12)14/h1-3,5-8,11,16H,4,9-10H2,(H,19,20,21)/t16-/m0/s1. The van der Waals surface area contributed by atoms with Crippen molar-refractivity contribution in [3.05, 3.63) is 47.8 Å². The zero-order chi connectivity index (χ0) is 15.6. The molecule has 1 amide bonds. The number of carbonyl (C=O) groups excluding carboxylic acids is 1. The molecule has 116 valence electrons. The number of carbonyl (C=O) groups is 1. The van der Waals surface area contributed by atoms with Crippen molar-refractivity contribution in [2.45, 2.75) is 18.9 Å². The summed E-state index contributed by atoms with van der Waals surface area (Å²) in [7, 11) is 0. The highest BCUT2D eigenvalue weighted by Gasteiger charge is 2.24. The van der Waals surface area contributed by atoms with Gasteiger partial charge in [-0.15, -0.1) is 11.3 Å². The monoisotopic (exact) mass is 324 g/mol. The van der Waals surface area contributed by atoms with Gasteiger partial charge in [0, 0.05) is 17.6 Å². The van der Waals surface area contributed by atoms with E-state index in [1.165, 1.54) is 16.7 Å². The van der Waals surface area contributed by atoms with Crippen molar-refractivity contribution >= 4 is 33.1 Å². The highest BCUT2D eigenvalue weighted by atomic mass is 32.1. The van der Waals surface area contributed by atoms with Crippen molar-refractivity contribution in [2.75, 3.05) is 11.9 Å². The van der Waals surface area contributed by atoms with E-state index in [1.807, 2.05) is 23.6 Å². The number of rotatable bonds is 3. The molecule has 3 aromatic rings. The summed E-state index contributed by atoms with van der Waals surface area (Å²) < 4.78 is 5.40. The minimum atomic E-state index is -0.333. The van der Waals surface area contributed by atoms with Crippen molar-refractivity contribution in [1.82, 2.24) is 4.98 Å². The maximum Gasteiger partial charge on any atom is 0.255 e. The Bertz CT molecular complexity index is 848. The number of hydrogen-bond donors (Lipinski definition) is 1. The van der Waals surface area contributed by atoms with Gasteiger partial charge >= 0.3 is 0 Å². The van der Waals surface area contributed by atoms with Gasteiger partial charge in [0.2, 0.25) is 0 Å². The molecular weight excluding hydrogens is 308 g/mol. The van der Waals surface area contributed by atoms with E-state index in [0.29, 0.717) is 11.7 Å². The van der Waals surface area contributed by atoms with Gasteiger partial charge in [0.05, 0.1) is 5.69 Å². The minimum Gasteiger partial charge on any atom is -0.368 e. The van der Waals surface area contributed by atoms with E-state index < -0.39 is 0 Å². The molecule has 1 atom stereocenters. The molecule has 1 fully saturated rings. The molecule has 2 aromatic carbocycles. The highest BCUT2D eigenvalue weighted by Crippen LogP contribution is 2.31. The molecule has 0 saturated carbocycles. The lowest BCUT2D eigenvalue weighted by atomic mass is 10.0. The van der Waals surface area contributed by atoms with Crippen LogP contribution in [-0.2, 0) is 9.53 Å². The molecule has 5 heteroatoms. The van der Waals surface area contributed by atoms with Gasteiger partial charge < -0.3 is 4.74 Å². The van der Waals surface area contributed by atoms with E-state index in [2.05, 4.69) is 34.6 Å². The molecule has 0 spiro atoms. The van der Waals surface area contributed by atoms with Crippen molar-refractivity contribution < 1.29 is 9.53 Å². The second kappa shape index (κ2) is 6.10. The molecule has 1 aromatic heterocycles. The van der Waals surface area contributed by atoms with Crippen LogP contribution in [0.25, 0.3) is 22.0 Å². The molecule has 0 aliphatic carbocycles. The maximum absolute atomic E-state index is 12.1. The zero-order valence-corrected chi connectivity index (χ0v) is 13.3. The van der Waals surface area contributed by atoms with Crippen LogP contribution in [0.4, 0.5) is 5.13 Å². The second-order valence-corrected chi connectivity index (χ2v) is 6.41. The molecule has 2 heterocycles. The van der Waals surface area contributed by atoms with Crippen molar-refractivity contribution in [1.29, 1.82) is 0 Å². The predicted octanol–water partition coefficient (Wildman–Crippen LogP) is 4.08. The number of nitrogens with one attached hydrogen (secondary N) is 1. The third-order valence-corrected chi connectivity index (χ3v) is 4.78. The number of fused-ring (bicyclic) bond motifs is 1. The fraction of sp³-hybridized carbons (Fsp3) is 0.222. The Balaban J connectivity index is 1.61. The van der Waals surface area contributed by atoms with Crippen LogP contribution in [0.3, 0.4) is 0 Å². The summed E-state index contributed by atoms with van der Waals surface area (Å²) in [5, 5.41) is 7.81. The number of thiazole rings is 1. The number of anilines is 1. The third-order valence-electron chi connectivity index (χ3n) is 4.02. The normalized spacial score (nSPS) is 17.5. The van der Waals surface area contributed by atoms with Gasteiger partial charge in [0.1, 0.15) is 6.10 Å². The van der Waals surface area contributed by atoms with E-state index >= 15 is 0 Å². The van der Waals surface area contributed by atoms with Gasteiger partial charge in [-0.25, -0.2) is 4.98 Å². The first-order chi connectivity index (χ1) is 11.3. The molecule has 1 saturated heterocycles. The molecule has 1 N–H and O–H groups in total. The van der Waals surface area contributed by atoms with Crippen molar-refractivity contribution in [3.63, 3.8) is 0 Å². The molecular formula is C18H16N2O2S. The summed E-state index contributed by atoms with van der Waals surface area (Å²) in [5.74, 6) is -0.0960. The number of aromatic nitrogens is 1. The Morgan fingerprint density at radius 1 is 1.22 bits per heavy atom. The fourth-order valence-electron chi connectivity index (χ4n) is 2.87. The average molecular weight is 324 g/mol. The van der Waals surface area contributed by atoms with Crippen LogP contribution >= 0.6 is 11.3 Å². The Morgan fingerprint density at radius 3 is 2.96 bits per heavy atom. The van der Waals surface area contributed by atoms with Crippen molar-refractivity contribution in [2.24, 2.45) is 0 Å². The predicted molar refractivity (Wildman–Crippen MR) is 92.7 cm³/mol. The molecule has 4 nitrogen and oxygen atoms in total. The first-order valence-corrected chi connectivity index (χ1v) is 8.55. The highest BCUT2D eigenvalue weighted by molar-refractivity contribution is 7.14. The molecule has 1 aliphatic rings. The first-order valence-electron chi connectivity index (χ1n) is 7.67. The van der Waals surface area contributed by atoms with Crippen LogP contribution in [-0.4, -0.2) is 23.6 Å². The lowest BCUT2D eigenvalue weighted by Gasteiger charge is -2.07. The van der Waals surface area contributed by atoms with Crippen LogP contribution in [0.1, 0.15) is 12.8 Å². The lowest BCUT2D eigenvalue weighted by molar-refractivity contribution is -0.124. The molecule has 23 heavy (non-hydrogen) atoms. The summed E-state index contributed by atoms with van der Waals surface area (Å²) in [5.41, 5.74) is 1.96. The number of hydrogen-bond acceptors (Lipinski definition) is 4.